The minimum atomic E-state index is -2.31. The number of hydrogen-bond acceptors (Lipinski definition) is 4. The van der Waals surface area contributed by atoms with Gasteiger partial charge in [-0.25, -0.2) is 13.6 Å². The Labute approximate surface area is 98.7 Å². The van der Waals surface area contributed by atoms with Crippen LogP contribution in [0.2, 0.25) is 0 Å². The first-order chi connectivity index (χ1) is 8.15. The molecule has 0 spiro atoms. The maximum absolute atomic E-state index is 12.1. The molecule has 0 aromatic carbocycles. The first-order valence-corrected chi connectivity index (χ1v) is 5.82. The van der Waals surface area contributed by atoms with E-state index in [0.717, 1.165) is 0 Å². The van der Waals surface area contributed by atoms with Gasteiger partial charge in [-0.2, -0.15) is 0 Å². The van der Waals surface area contributed by atoms with Gasteiger partial charge in [0.2, 0.25) is 0 Å². The van der Waals surface area contributed by atoms with Gasteiger partial charge in [-0.3, -0.25) is 4.90 Å². The van der Waals surface area contributed by atoms with Gasteiger partial charge < -0.3 is 15.0 Å². The number of nitrogens with one attached hydrogen (secondary N) is 1. The molecular weight excluding hydrogens is 232 g/mol. The number of carbonyl (C=O) groups is 1. The summed E-state index contributed by atoms with van der Waals surface area (Å²) in [6.07, 6.45) is -2.66. The molecule has 2 fully saturated rings. The molecule has 17 heavy (non-hydrogen) atoms. The average molecular weight is 249 g/mol. The van der Waals surface area contributed by atoms with Crippen molar-refractivity contribution in [2.24, 2.45) is 0 Å². The Morgan fingerprint density at radius 2 is 1.94 bits per heavy atom. The molecule has 0 aromatic rings. The summed E-state index contributed by atoms with van der Waals surface area (Å²) in [5, 5.41) is 3.01. The predicted octanol–water partition coefficient (Wildman–Crippen LogP) is -0.0225. The highest BCUT2D eigenvalue weighted by atomic mass is 19.3. The van der Waals surface area contributed by atoms with Gasteiger partial charge >= 0.3 is 6.09 Å². The number of hydrogen-bond donors (Lipinski definition) is 1. The zero-order chi connectivity index (χ0) is 12.3. The highest BCUT2D eigenvalue weighted by molar-refractivity contribution is 5.68. The fraction of sp³-hybridized carbons (Fsp3) is 0.900. The molecule has 0 aliphatic carbocycles. The third-order valence-electron chi connectivity index (χ3n) is 3.04. The highest BCUT2D eigenvalue weighted by Crippen LogP contribution is 2.08. The van der Waals surface area contributed by atoms with Crippen LogP contribution >= 0.6 is 0 Å². The van der Waals surface area contributed by atoms with E-state index in [1.165, 1.54) is 0 Å². The van der Waals surface area contributed by atoms with E-state index in [-0.39, 0.29) is 18.7 Å². The van der Waals surface area contributed by atoms with Gasteiger partial charge in [0.1, 0.15) is 6.10 Å². The third kappa shape index (κ3) is 3.50. The molecule has 98 valence electrons. The van der Waals surface area contributed by atoms with E-state index < -0.39 is 6.43 Å². The maximum atomic E-state index is 12.1. The molecule has 7 heteroatoms. The molecule has 0 saturated carbocycles. The minimum absolute atomic E-state index is 0.0263. The van der Waals surface area contributed by atoms with Crippen LogP contribution in [0.5, 0.6) is 0 Å². The first-order valence-electron chi connectivity index (χ1n) is 5.82. The lowest BCUT2D eigenvalue weighted by Crippen LogP contribution is -2.54. The molecular formula is C10H17F2N3O2. The molecule has 0 radical (unpaired) electrons. The average Bonchev–Trinajstić information content (AvgIpc) is 2.23. The number of amides is 1. The molecule has 5 nitrogen and oxygen atoms in total. The Bertz CT molecular complexity index is 266. The Kier molecular flexibility index (Phi) is 4.11. The predicted molar refractivity (Wildman–Crippen MR) is 57.2 cm³/mol. The summed E-state index contributed by atoms with van der Waals surface area (Å²) < 4.78 is 29.5. The van der Waals surface area contributed by atoms with Gasteiger partial charge in [0.05, 0.1) is 6.54 Å². The summed E-state index contributed by atoms with van der Waals surface area (Å²) in [7, 11) is 0. The molecule has 2 aliphatic heterocycles. The molecule has 2 rings (SSSR count). The summed E-state index contributed by atoms with van der Waals surface area (Å²) in [4.78, 5) is 14.9. The second-order valence-electron chi connectivity index (χ2n) is 4.34. The Morgan fingerprint density at radius 3 is 2.41 bits per heavy atom. The normalized spacial score (nSPS) is 22.6. The second kappa shape index (κ2) is 5.59. The Balaban J connectivity index is 1.68. The Morgan fingerprint density at radius 1 is 1.29 bits per heavy atom. The molecule has 0 atom stereocenters. The van der Waals surface area contributed by atoms with Gasteiger partial charge in [-0.1, -0.05) is 0 Å². The molecule has 2 heterocycles. The van der Waals surface area contributed by atoms with Crippen LogP contribution in [0, 0.1) is 0 Å². The zero-order valence-electron chi connectivity index (χ0n) is 9.57. The molecule has 2 aliphatic rings. The van der Waals surface area contributed by atoms with Gasteiger partial charge in [-0.15, -0.1) is 0 Å². The van der Waals surface area contributed by atoms with Crippen LogP contribution in [0.25, 0.3) is 0 Å². The molecule has 0 aromatic heterocycles. The van der Waals surface area contributed by atoms with E-state index in [1.807, 2.05) is 0 Å². The molecule has 0 bridgehead atoms. The van der Waals surface area contributed by atoms with Crippen molar-refractivity contribution in [3.63, 3.8) is 0 Å². The van der Waals surface area contributed by atoms with E-state index in [0.29, 0.717) is 39.3 Å². The van der Waals surface area contributed by atoms with Crippen LogP contribution in [0.3, 0.4) is 0 Å². The SMILES string of the molecule is O=C(OC1CNC1)N1CCN(CC(F)F)CC1. The fourth-order valence-corrected chi connectivity index (χ4v) is 1.87. The quantitative estimate of drug-likeness (QED) is 0.763. The largest absolute Gasteiger partial charge is 0.443 e. The van der Waals surface area contributed by atoms with Crippen molar-refractivity contribution in [1.82, 2.24) is 15.1 Å². The van der Waals surface area contributed by atoms with Crippen molar-refractivity contribution in [3.8, 4) is 0 Å². The van der Waals surface area contributed by atoms with E-state index in [2.05, 4.69) is 5.32 Å². The summed E-state index contributed by atoms with van der Waals surface area (Å²) >= 11 is 0. The van der Waals surface area contributed by atoms with Crippen LogP contribution in [-0.2, 0) is 4.74 Å². The second-order valence-corrected chi connectivity index (χ2v) is 4.34. The fourth-order valence-electron chi connectivity index (χ4n) is 1.87. The maximum Gasteiger partial charge on any atom is 0.410 e. The zero-order valence-corrected chi connectivity index (χ0v) is 9.57. The number of halogens is 2. The topological polar surface area (TPSA) is 44.8 Å². The monoisotopic (exact) mass is 249 g/mol. The van der Waals surface area contributed by atoms with Crippen LogP contribution in [0.1, 0.15) is 0 Å². The molecule has 1 amide bonds. The van der Waals surface area contributed by atoms with Crippen LogP contribution in [-0.4, -0.2) is 74.2 Å². The lowest BCUT2D eigenvalue weighted by Gasteiger charge is -2.35. The lowest BCUT2D eigenvalue weighted by atomic mass is 10.2. The van der Waals surface area contributed by atoms with Gasteiger partial charge in [-0.05, 0) is 0 Å². The molecule has 2 saturated heterocycles. The number of carbonyl (C=O) groups excluding carboxylic acids is 1. The lowest BCUT2D eigenvalue weighted by molar-refractivity contribution is 0.0184. The molecule has 0 unspecified atom stereocenters. The summed E-state index contributed by atoms with van der Waals surface area (Å²) in [5.74, 6) is 0. The number of piperazine rings is 1. The summed E-state index contributed by atoms with van der Waals surface area (Å²) in [6, 6.07) is 0. The van der Waals surface area contributed by atoms with Crippen molar-refractivity contribution in [3.05, 3.63) is 0 Å². The first kappa shape index (κ1) is 12.5. The van der Waals surface area contributed by atoms with Gasteiger partial charge in [0.15, 0.2) is 0 Å². The van der Waals surface area contributed by atoms with Crippen molar-refractivity contribution in [1.29, 1.82) is 0 Å². The summed E-state index contributed by atoms with van der Waals surface area (Å²) in [5.41, 5.74) is 0. The highest BCUT2D eigenvalue weighted by Gasteiger charge is 2.27. The van der Waals surface area contributed by atoms with E-state index >= 15 is 0 Å². The third-order valence-corrected chi connectivity index (χ3v) is 3.04. The number of nitrogens with zero attached hydrogens (tertiary/aromatic N) is 2. The van der Waals surface area contributed by atoms with Gasteiger partial charge in [0, 0.05) is 39.3 Å². The standard InChI is InChI=1S/C10H17F2N3O2/c11-9(12)7-14-1-3-15(4-2-14)10(16)17-8-5-13-6-8/h8-9,13H,1-7H2. The van der Waals surface area contributed by atoms with Crippen molar-refractivity contribution in [2.45, 2.75) is 12.5 Å². The van der Waals surface area contributed by atoms with Crippen molar-refractivity contribution in [2.75, 3.05) is 45.8 Å². The smallest absolute Gasteiger partial charge is 0.410 e. The number of alkyl halides is 2. The Hall–Kier alpha value is -0.950. The van der Waals surface area contributed by atoms with E-state index in [4.69, 9.17) is 4.74 Å². The van der Waals surface area contributed by atoms with Gasteiger partial charge in [0.25, 0.3) is 6.43 Å². The molecule has 1 N–H and O–H groups in total. The van der Waals surface area contributed by atoms with Crippen molar-refractivity contribution < 1.29 is 18.3 Å². The minimum Gasteiger partial charge on any atom is -0.443 e. The van der Waals surface area contributed by atoms with Crippen LogP contribution in [0.4, 0.5) is 13.6 Å². The van der Waals surface area contributed by atoms with Crippen molar-refractivity contribution >= 4 is 6.09 Å². The van der Waals surface area contributed by atoms with Crippen LogP contribution in [0.15, 0.2) is 0 Å². The van der Waals surface area contributed by atoms with E-state index in [1.54, 1.807) is 9.80 Å². The van der Waals surface area contributed by atoms with E-state index in [9.17, 15) is 13.6 Å². The van der Waals surface area contributed by atoms with Crippen LogP contribution < -0.4 is 5.32 Å². The number of ether oxygens (including phenoxy) is 1. The summed E-state index contributed by atoms with van der Waals surface area (Å²) in [6.45, 7) is 3.10. The number of rotatable bonds is 3.